The van der Waals surface area contributed by atoms with Gasteiger partial charge in [0.05, 0.1) is 5.52 Å². The second-order valence-electron chi connectivity index (χ2n) is 5.47. The van der Waals surface area contributed by atoms with E-state index in [0.29, 0.717) is 28.8 Å². The fraction of sp³-hybridized carbons (Fsp3) is 0.429. The summed E-state index contributed by atoms with van der Waals surface area (Å²) in [6, 6.07) is 3.65. The molecule has 0 radical (unpaired) electrons. The van der Waals surface area contributed by atoms with Gasteiger partial charge in [-0.15, -0.1) is 24.8 Å². The van der Waals surface area contributed by atoms with Crippen molar-refractivity contribution in [1.82, 2.24) is 15.3 Å². The molecule has 2 aliphatic rings. The fourth-order valence-electron chi connectivity index (χ4n) is 2.95. The van der Waals surface area contributed by atoms with Crippen LogP contribution in [0, 0.1) is 5.92 Å². The fourth-order valence-corrected chi connectivity index (χ4v) is 2.95. The number of aromatic nitrogens is 2. The van der Waals surface area contributed by atoms with Crippen LogP contribution in [0.5, 0.6) is 11.5 Å². The van der Waals surface area contributed by atoms with Crippen LogP contribution in [0.3, 0.4) is 0 Å². The molecule has 1 unspecified atom stereocenters. The summed E-state index contributed by atoms with van der Waals surface area (Å²) in [6.07, 6.45) is 1.87. The molecule has 1 atom stereocenters. The van der Waals surface area contributed by atoms with Gasteiger partial charge in [-0.3, -0.25) is 0 Å². The topological polar surface area (TPSA) is 108 Å². The van der Waals surface area contributed by atoms with Crippen molar-refractivity contribution in [3.05, 3.63) is 12.1 Å². The third kappa shape index (κ3) is 3.17. The summed E-state index contributed by atoms with van der Waals surface area (Å²) in [4.78, 5) is 8.17. The molecule has 4 rings (SSSR count). The van der Waals surface area contributed by atoms with Gasteiger partial charge in [0.25, 0.3) is 0 Å². The number of nitrogens with one attached hydrogen (secondary N) is 1. The Morgan fingerprint density at radius 2 is 1.65 bits per heavy atom. The van der Waals surface area contributed by atoms with Crippen molar-refractivity contribution in [1.29, 1.82) is 0 Å². The van der Waals surface area contributed by atoms with Gasteiger partial charge in [-0.05, 0) is 32.0 Å². The Morgan fingerprint density at radius 1 is 1.00 bits per heavy atom. The van der Waals surface area contributed by atoms with E-state index in [4.69, 9.17) is 20.9 Å². The minimum absolute atomic E-state index is 0. The lowest BCUT2D eigenvalue weighted by atomic mass is 9.98. The van der Waals surface area contributed by atoms with Gasteiger partial charge < -0.3 is 26.3 Å². The molecule has 3 heterocycles. The number of hydrogen-bond acceptors (Lipinski definition) is 7. The van der Waals surface area contributed by atoms with Crippen LogP contribution >= 0.6 is 24.8 Å². The lowest BCUT2D eigenvalue weighted by Gasteiger charge is -2.26. The summed E-state index contributed by atoms with van der Waals surface area (Å²) in [5.41, 5.74) is 12.2. The molecule has 1 aromatic carbocycles. The number of hydrogen-bond donors (Lipinski definition) is 3. The lowest BCUT2D eigenvalue weighted by Crippen LogP contribution is -2.37. The number of nitrogens with zero attached hydrogens (tertiary/aromatic N) is 2. The third-order valence-corrected chi connectivity index (χ3v) is 4.06. The number of ether oxygens (including phenoxy) is 2. The molecule has 23 heavy (non-hydrogen) atoms. The van der Waals surface area contributed by atoms with Crippen molar-refractivity contribution >= 4 is 47.5 Å². The molecule has 126 valence electrons. The second kappa shape index (κ2) is 6.82. The molecule has 0 saturated carbocycles. The number of halogens is 2. The van der Waals surface area contributed by atoms with Crippen molar-refractivity contribution < 1.29 is 9.47 Å². The van der Waals surface area contributed by atoms with Gasteiger partial charge in [0, 0.05) is 17.4 Å². The third-order valence-electron chi connectivity index (χ3n) is 4.06. The summed E-state index contributed by atoms with van der Waals surface area (Å²) in [7, 11) is 0. The van der Waals surface area contributed by atoms with Crippen LogP contribution in [0.15, 0.2) is 12.1 Å². The number of rotatable bonds is 1. The molecule has 1 fully saturated rings. The van der Waals surface area contributed by atoms with E-state index in [1.54, 1.807) is 0 Å². The van der Waals surface area contributed by atoms with Crippen LogP contribution in [0.4, 0.5) is 11.8 Å². The molecule has 7 nitrogen and oxygen atoms in total. The van der Waals surface area contributed by atoms with E-state index in [2.05, 4.69) is 15.3 Å². The van der Waals surface area contributed by atoms with E-state index in [1.165, 1.54) is 0 Å². The summed E-state index contributed by atoms with van der Waals surface area (Å²) in [6.45, 7) is 2.00. The number of anilines is 2. The number of benzene rings is 1. The van der Waals surface area contributed by atoms with E-state index in [0.717, 1.165) is 31.3 Å². The molecule has 0 bridgehead atoms. The van der Waals surface area contributed by atoms with Gasteiger partial charge in [0.15, 0.2) is 11.5 Å². The summed E-state index contributed by atoms with van der Waals surface area (Å²) in [5, 5.41) is 4.07. The number of nitrogens with two attached hydrogens (primary N) is 2. The van der Waals surface area contributed by atoms with E-state index >= 15 is 0 Å². The zero-order valence-corrected chi connectivity index (χ0v) is 14.0. The molecule has 0 spiro atoms. The highest BCUT2D eigenvalue weighted by Gasteiger charge is 2.33. The molecular formula is C14H19Cl2N5O2. The highest BCUT2D eigenvalue weighted by atomic mass is 35.5. The Hall–Kier alpha value is -1.70. The Labute approximate surface area is 145 Å². The number of fused-ring (bicyclic) bond motifs is 2. The Morgan fingerprint density at radius 3 is 2.35 bits per heavy atom. The highest BCUT2D eigenvalue weighted by Crippen LogP contribution is 2.41. The quantitative estimate of drug-likeness (QED) is 0.711. The molecule has 1 aromatic heterocycles. The first-order valence-electron chi connectivity index (χ1n) is 7.11. The maximum absolute atomic E-state index is 5.95. The highest BCUT2D eigenvalue weighted by molar-refractivity contribution is 5.91. The van der Waals surface area contributed by atoms with E-state index in [1.807, 2.05) is 12.1 Å². The first-order valence-corrected chi connectivity index (χ1v) is 7.11. The standard InChI is InChI=1S/C14H17N5O2.2ClH/c15-12-8-5-10-11(6-9(8)18-14(16)19-12)21-13(20-10)7-1-3-17-4-2-7;;/h5-7,13,17H,1-4H2,(H4,15,16,18,19);2*1H. The predicted octanol–water partition coefficient (Wildman–Crippen LogP) is 1.73. The van der Waals surface area contributed by atoms with Crippen molar-refractivity contribution in [3.63, 3.8) is 0 Å². The van der Waals surface area contributed by atoms with Gasteiger partial charge in [0.2, 0.25) is 12.2 Å². The summed E-state index contributed by atoms with van der Waals surface area (Å²) in [5.74, 6) is 2.31. The van der Waals surface area contributed by atoms with Crippen LogP contribution in [-0.4, -0.2) is 29.3 Å². The summed E-state index contributed by atoms with van der Waals surface area (Å²) >= 11 is 0. The average molecular weight is 360 g/mol. The minimum Gasteiger partial charge on any atom is -0.451 e. The van der Waals surface area contributed by atoms with Gasteiger partial charge in [-0.1, -0.05) is 0 Å². The maximum Gasteiger partial charge on any atom is 0.244 e. The second-order valence-corrected chi connectivity index (χ2v) is 5.47. The van der Waals surface area contributed by atoms with Crippen molar-refractivity contribution in [2.75, 3.05) is 24.6 Å². The predicted molar refractivity (Wildman–Crippen MR) is 93.5 cm³/mol. The van der Waals surface area contributed by atoms with Crippen LogP contribution in [0.1, 0.15) is 12.8 Å². The lowest BCUT2D eigenvalue weighted by molar-refractivity contribution is -0.0148. The molecule has 0 aliphatic carbocycles. The Balaban J connectivity index is 0.000000960. The van der Waals surface area contributed by atoms with Gasteiger partial charge >= 0.3 is 0 Å². The van der Waals surface area contributed by atoms with Crippen molar-refractivity contribution in [2.45, 2.75) is 19.1 Å². The Kier molecular flexibility index (Phi) is 5.23. The van der Waals surface area contributed by atoms with Crippen LogP contribution in [-0.2, 0) is 0 Å². The maximum atomic E-state index is 5.95. The van der Waals surface area contributed by atoms with Crippen LogP contribution in [0.2, 0.25) is 0 Å². The molecular weight excluding hydrogens is 341 g/mol. The smallest absolute Gasteiger partial charge is 0.244 e. The van der Waals surface area contributed by atoms with E-state index < -0.39 is 0 Å². The van der Waals surface area contributed by atoms with Crippen LogP contribution < -0.4 is 26.3 Å². The molecule has 2 aliphatic heterocycles. The largest absolute Gasteiger partial charge is 0.451 e. The van der Waals surface area contributed by atoms with E-state index in [-0.39, 0.29) is 37.1 Å². The molecule has 1 saturated heterocycles. The minimum atomic E-state index is -0.231. The monoisotopic (exact) mass is 359 g/mol. The molecule has 9 heteroatoms. The Bertz CT molecular complexity index is 709. The molecule has 5 N–H and O–H groups in total. The van der Waals surface area contributed by atoms with Gasteiger partial charge in [-0.2, -0.15) is 4.98 Å². The SMILES string of the molecule is Cl.Cl.Nc1nc(N)c2cc3c(cc2n1)OC(C1CCNCC1)O3. The van der Waals surface area contributed by atoms with Crippen molar-refractivity contribution in [3.8, 4) is 11.5 Å². The first kappa shape index (κ1) is 17.7. The average Bonchev–Trinajstić information content (AvgIpc) is 2.89. The zero-order valence-electron chi connectivity index (χ0n) is 12.3. The van der Waals surface area contributed by atoms with Gasteiger partial charge in [0.1, 0.15) is 5.82 Å². The van der Waals surface area contributed by atoms with Crippen molar-refractivity contribution in [2.24, 2.45) is 5.92 Å². The summed E-state index contributed by atoms with van der Waals surface area (Å²) < 4.78 is 11.9. The van der Waals surface area contributed by atoms with Crippen LogP contribution in [0.25, 0.3) is 10.9 Å². The van der Waals surface area contributed by atoms with Gasteiger partial charge in [-0.25, -0.2) is 4.98 Å². The first-order chi connectivity index (χ1) is 10.2. The number of nitrogen functional groups attached to an aromatic ring is 2. The zero-order chi connectivity index (χ0) is 14.4. The number of piperidine rings is 1. The van der Waals surface area contributed by atoms with E-state index in [9.17, 15) is 0 Å². The molecule has 2 aromatic rings. The molecule has 0 amide bonds. The normalized spacial score (nSPS) is 19.9.